The fraction of sp³-hybridized carbons (Fsp3) is 0.238. The van der Waals surface area contributed by atoms with Crippen LogP contribution in [0.3, 0.4) is 0 Å². The molecule has 0 saturated carbocycles. The van der Waals surface area contributed by atoms with Crippen LogP contribution in [0.1, 0.15) is 19.8 Å². The quantitative estimate of drug-likeness (QED) is 0.898. The van der Waals surface area contributed by atoms with Gasteiger partial charge in [-0.15, -0.1) is 0 Å². The molecule has 0 radical (unpaired) electrons. The Hall–Kier alpha value is -3.15. The second-order valence-electron chi connectivity index (χ2n) is 6.56. The van der Waals surface area contributed by atoms with E-state index in [1.165, 1.54) is 12.1 Å². The molecule has 2 aromatic carbocycles. The first-order chi connectivity index (χ1) is 13.1. The average molecular weight is 365 g/mol. The second-order valence-corrected chi connectivity index (χ2v) is 6.56. The first-order valence-electron chi connectivity index (χ1n) is 9.05. The third-order valence-electron chi connectivity index (χ3n) is 4.95. The van der Waals surface area contributed by atoms with E-state index in [9.17, 15) is 14.0 Å². The van der Waals surface area contributed by atoms with Gasteiger partial charge in [0.15, 0.2) is 5.78 Å². The van der Waals surface area contributed by atoms with Crippen molar-refractivity contribution in [3.05, 3.63) is 65.7 Å². The Morgan fingerprint density at radius 3 is 2.56 bits per heavy atom. The number of ketones is 1. The predicted octanol–water partition coefficient (Wildman–Crippen LogP) is 3.69. The summed E-state index contributed by atoms with van der Waals surface area (Å²) in [6.07, 6.45) is 0.279. The van der Waals surface area contributed by atoms with Gasteiger partial charge in [-0.05, 0) is 31.2 Å². The van der Waals surface area contributed by atoms with E-state index in [2.05, 4.69) is 15.1 Å². The number of fused-ring (bicyclic) bond motifs is 3. The third kappa shape index (κ3) is 2.97. The van der Waals surface area contributed by atoms with Crippen molar-refractivity contribution in [1.29, 1.82) is 0 Å². The third-order valence-corrected chi connectivity index (χ3v) is 4.95. The average Bonchev–Trinajstić information content (AvgIpc) is 3.00. The zero-order valence-corrected chi connectivity index (χ0v) is 15.0. The van der Waals surface area contributed by atoms with Crippen LogP contribution in [-0.2, 0) is 9.59 Å². The SMILES string of the molecule is CCN1C2=C(CC(=O)Nc3ccccc3F)C(=O)CCN2c2ccccc21. The lowest BCUT2D eigenvalue weighted by molar-refractivity contribution is -0.119. The number of amides is 1. The van der Waals surface area contributed by atoms with Crippen molar-refractivity contribution in [1.82, 2.24) is 0 Å². The molecule has 27 heavy (non-hydrogen) atoms. The van der Waals surface area contributed by atoms with Gasteiger partial charge in [0, 0.05) is 25.1 Å². The lowest BCUT2D eigenvalue weighted by Crippen LogP contribution is -2.38. The second kappa shape index (κ2) is 6.87. The highest BCUT2D eigenvalue weighted by atomic mass is 19.1. The number of carbonyl (C=O) groups excluding carboxylic acids is 2. The van der Waals surface area contributed by atoms with Gasteiger partial charge in [-0.3, -0.25) is 9.59 Å². The number of nitrogens with zero attached hydrogens (tertiary/aromatic N) is 2. The molecule has 0 aliphatic carbocycles. The van der Waals surface area contributed by atoms with E-state index in [-0.39, 0.29) is 17.9 Å². The largest absolute Gasteiger partial charge is 0.326 e. The molecule has 2 aromatic rings. The van der Waals surface area contributed by atoms with Gasteiger partial charge < -0.3 is 15.1 Å². The minimum absolute atomic E-state index is 0.0313. The van der Waals surface area contributed by atoms with Crippen LogP contribution < -0.4 is 15.1 Å². The Morgan fingerprint density at radius 1 is 1.11 bits per heavy atom. The molecule has 0 atom stereocenters. The molecular formula is C21H20FN3O2. The van der Waals surface area contributed by atoms with Gasteiger partial charge in [0.05, 0.1) is 23.5 Å². The van der Waals surface area contributed by atoms with Crippen molar-refractivity contribution in [3.8, 4) is 0 Å². The minimum atomic E-state index is -0.497. The predicted molar refractivity (Wildman–Crippen MR) is 103 cm³/mol. The van der Waals surface area contributed by atoms with Crippen molar-refractivity contribution >= 4 is 28.8 Å². The van der Waals surface area contributed by atoms with E-state index < -0.39 is 11.7 Å². The number of Topliss-reactive ketones (excluding diaryl/α,β-unsaturated/α-hetero) is 1. The number of hydrogen-bond acceptors (Lipinski definition) is 4. The molecule has 1 N–H and O–H groups in total. The number of hydrogen-bond donors (Lipinski definition) is 1. The number of nitrogens with one attached hydrogen (secondary N) is 1. The summed E-state index contributed by atoms with van der Waals surface area (Å²) < 4.78 is 13.8. The summed E-state index contributed by atoms with van der Waals surface area (Å²) in [6, 6.07) is 14.0. The molecule has 6 heteroatoms. The molecule has 2 aliphatic rings. The Balaban J connectivity index is 1.67. The smallest absolute Gasteiger partial charge is 0.229 e. The fourth-order valence-electron chi connectivity index (χ4n) is 3.75. The summed E-state index contributed by atoms with van der Waals surface area (Å²) in [7, 11) is 0. The van der Waals surface area contributed by atoms with Crippen LogP contribution in [-0.4, -0.2) is 24.8 Å². The molecule has 4 rings (SSSR count). The van der Waals surface area contributed by atoms with Crippen LogP contribution in [0.4, 0.5) is 21.5 Å². The van der Waals surface area contributed by atoms with Crippen molar-refractivity contribution in [2.45, 2.75) is 19.8 Å². The molecule has 1 amide bonds. The molecular weight excluding hydrogens is 345 g/mol. The van der Waals surface area contributed by atoms with Gasteiger partial charge in [-0.25, -0.2) is 4.39 Å². The molecule has 0 spiro atoms. The molecule has 138 valence electrons. The Kier molecular flexibility index (Phi) is 4.39. The summed E-state index contributed by atoms with van der Waals surface area (Å²) >= 11 is 0. The lowest BCUT2D eigenvalue weighted by atomic mass is 10.00. The van der Waals surface area contributed by atoms with Crippen LogP contribution in [0.15, 0.2) is 59.9 Å². The summed E-state index contributed by atoms with van der Waals surface area (Å²) in [4.78, 5) is 29.3. The molecule has 2 aliphatic heterocycles. The maximum Gasteiger partial charge on any atom is 0.229 e. The molecule has 0 saturated heterocycles. The van der Waals surface area contributed by atoms with Gasteiger partial charge in [-0.2, -0.15) is 0 Å². The van der Waals surface area contributed by atoms with Crippen LogP contribution in [0.2, 0.25) is 0 Å². The van der Waals surface area contributed by atoms with Gasteiger partial charge in [0.25, 0.3) is 0 Å². The number of rotatable bonds is 4. The standard InChI is InChI=1S/C21H20FN3O2/c1-2-24-17-9-5-6-10-18(17)25-12-11-19(26)14(21(24)25)13-20(27)23-16-8-4-3-7-15(16)22/h3-10H,2,11-13H2,1H3,(H,23,27). The van der Waals surface area contributed by atoms with Crippen LogP contribution in [0, 0.1) is 5.82 Å². The molecule has 5 nitrogen and oxygen atoms in total. The number of anilines is 3. The van der Waals surface area contributed by atoms with Crippen molar-refractivity contribution in [2.24, 2.45) is 0 Å². The maximum atomic E-state index is 13.8. The van der Waals surface area contributed by atoms with Gasteiger partial charge in [0.1, 0.15) is 11.6 Å². The molecule has 0 aromatic heterocycles. The zero-order chi connectivity index (χ0) is 19.0. The summed E-state index contributed by atoms with van der Waals surface area (Å²) in [5, 5.41) is 2.57. The molecule has 0 unspecified atom stereocenters. The number of para-hydroxylation sites is 3. The van der Waals surface area contributed by atoms with E-state index in [0.717, 1.165) is 17.2 Å². The molecule has 0 bridgehead atoms. The number of halogens is 1. The van der Waals surface area contributed by atoms with Crippen LogP contribution in [0.5, 0.6) is 0 Å². The van der Waals surface area contributed by atoms with E-state index in [1.807, 2.05) is 31.2 Å². The summed E-state index contributed by atoms with van der Waals surface area (Å²) in [5.41, 5.74) is 2.69. The van der Waals surface area contributed by atoms with Gasteiger partial charge in [0.2, 0.25) is 5.91 Å². The van der Waals surface area contributed by atoms with Gasteiger partial charge >= 0.3 is 0 Å². The highest BCUT2D eigenvalue weighted by Crippen LogP contribution is 2.44. The Labute approximate surface area is 157 Å². The van der Waals surface area contributed by atoms with Crippen molar-refractivity contribution < 1.29 is 14.0 Å². The fourth-order valence-corrected chi connectivity index (χ4v) is 3.75. The molecule has 0 fully saturated rings. The van der Waals surface area contributed by atoms with E-state index in [0.29, 0.717) is 25.1 Å². The maximum absolute atomic E-state index is 13.8. The Bertz CT molecular complexity index is 939. The number of carbonyl (C=O) groups is 2. The van der Waals surface area contributed by atoms with E-state index in [4.69, 9.17) is 0 Å². The topological polar surface area (TPSA) is 52.7 Å². The highest BCUT2D eigenvalue weighted by molar-refractivity contribution is 6.07. The van der Waals surface area contributed by atoms with Gasteiger partial charge in [-0.1, -0.05) is 24.3 Å². The van der Waals surface area contributed by atoms with Crippen LogP contribution in [0.25, 0.3) is 0 Å². The Morgan fingerprint density at radius 2 is 1.81 bits per heavy atom. The molecule has 2 heterocycles. The first kappa shape index (κ1) is 17.3. The normalized spacial score (nSPS) is 15.7. The van der Waals surface area contributed by atoms with Crippen molar-refractivity contribution in [2.75, 3.05) is 28.2 Å². The summed E-state index contributed by atoms with van der Waals surface area (Å²) in [5.74, 6) is -0.150. The monoisotopic (exact) mass is 365 g/mol. The number of benzene rings is 2. The first-order valence-corrected chi connectivity index (χ1v) is 9.05. The summed E-state index contributed by atoms with van der Waals surface area (Å²) in [6.45, 7) is 3.30. The minimum Gasteiger partial charge on any atom is -0.326 e. The highest BCUT2D eigenvalue weighted by Gasteiger charge is 2.38. The van der Waals surface area contributed by atoms with E-state index in [1.54, 1.807) is 12.1 Å². The zero-order valence-electron chi connectivity index (χ0n) is 15.0. The lowest BCUT2D eigenvalue weighted by Gasteiger charge is -2.31. The van der Waals surface area contributed by atoms with Crippen LogP contribution >= 0.6 is 0 Å². The van der Waals surface area contributed by atoms with Crippen molar-refractivity contribution in [3.63, 3.8) is 0 Å². The van der Waals surface area contributed by atoms with E-state index >= 15 is 0 Å².